The van der Waals surface area contributed by atoms with Crippen molar-refractivity contribution in [3.05, 3.63) is 60.0 Å². The zero-order valence-corrected chi connectivity index (χ0v) is 25.5. The van der Waals surface area contributed by atoms with Crippen molar-refractivity contribution >= 4 is 34.8 Å². The predicted octanol–water partition coefficient (Wildman–Crippen LogP) is 4.63. The molecule has 1 aliphatic rings. The third-order valence-corrected chi connectivity index (χ3v) is 7.87. The van der Waals surface area contributed by atoms with E-state index < -0.39 is 24.1 Å². The number of nitrogens with zero attached hydrogens (tertiary/aromatic N) is 4. The first kappa shape index (κ1) is 31.5. The number of nitrogens with one attached hydrogen (secondary N) is 1. The number of carbonyl (C=O) groups is 4. The van der Waals surface area contributed by atoms with Crippen molar-refractivity contribution in [2.24, 2.45) is 0 Å². The van der Waals surface area contributed by atoms with Crippen molar-refractivity contribution in [2.75, 3.05) is 26.8 Å². The molecule has 3 heterocycles. The van der Waals surface area contributed by atoms with Crippen LogP contribution in [0.3, 0.4) is 0 Å². The minimum atomic E-state index is -0.805. The molecule has 1 unspecified atom stereocenters. The summed E-state index contributed by atoms with van der Waals surface area (Å²) >= 11 is 0. The van der Waals surface area contributed by atoms with Gasteiger partial charge in [-0.25, -0.2) is 9.59 Å². The third kappa shape index (κ3) is 6.98. The Kier molecular flexibility index (Phi) is 10.4. The standard InChI is InChI=1S/C32H41N5O6/c1-6-8-17-43-32(41)35(5)22(4)29(38)34-21(3)30(39)37-15-10-13-27(37)23-18-24(20-33-19-23)36-16-14-25-26(31(40)42-7-2)11-9-12-28(25)36/h9,11-12,14,16,18-22,27H,6-8,10,13,15,17H2,1-5H3,(H,34,38)/t21?,22-,27-/m0/s1. The van der Waals surface area contributed by atoms with Crippen LogP contribution in [0.25, 0.3) is 16.6 Å². The van der Waals surface area contributed by atoms with Crippen LogP contribution in [0.5, 0.6) is 0 Å². The number of aromatic nitrogens is 2. The third-order valence-electron chi connectivity index (χ3n) is 7.87. The van der Waals surface area contributed by atoms with E-state index in [-0.39, 0.29) is 17.9 Å². The molecule has 4 rings (SSSR count). The molecule has 1 aliphatic heterocycles. The predicted molar refractivity (Wildman–Crippen MR) is 162 cm³/mol. The van der Waals surface area contributed by atoms with Gasteiger partial charge in [0.2, 0.25) is 11.8 Å². The van der Waals surface area contributed by atoms with Crippen molar-refractivity contribution in [3.63, 3.8) is 0 Å². The second kappa shape index (κ2) is 14.2. The number of hydrogen-bond acceptors (Lipinski definition) is 7. The number of likely N-dealkylation sites (tertiary alicyclic amines) is 1. The second-order valence-corrected chi connectivity index (χ2v) is 10.8. The maximum atomic E-state index is 13.5. The van der Waals surface area contributed by atoms with Gasteiger partial charge in [0.15, 0.2) is 0 Å². The lowest BCUT2D eigenvalue weighted by atomic mass is 10.1. The second-order valence-electron chi connectivity index (χ2n) is 10.8. The molecule has 3 amide bonds. The number of unbranched alkanes of at least 4 members (excludes halogenated alkanes) is 1. The smallest absolute Gasteiger partial charge is 0.410 e. The van der Waals surface area contributed by atoms with E-state index in [9.17, 15) is 19.2 Å². The van der Waals surface area contributed by atoms with Crippen LogP contribution in [-0.2, 0) is 19.1 Å². The largest absolute Gasteiger partial charge is 0.462 e. The average Bonchev–Trinajstić information content (AvgIpc) is 3.68. The molecule has 2 aromatic heterocycles. The van der Waals surface area contributed by atoms with Crippen LogP contribution in [0.4, 0.5) is 4.79 Å². The molecule has 11 heteroatoms. The topological polar surface area (TPSA) is 123 Å². The molecule has 43 heavy (non-hydrogen) atoms. The molecule has 1 aromatic carbocycles. The van der Waals surface area contributed by atoms with Gasteiger partial charge in [0.25, 0.3) is 0 Å². The van der Waals surface area contributed by atoms with Crippen LogP contribution in [0.1, 0.15) is 75.3 Å². The van der Waals surface area contributed by atoms with Gasteiger partial charge in [0, 0.05) is 31.4 Å². The summed E-state index contributed by atoms with van der Waals surface area (Å²) in [7, 11) is 1.51. The summed E-state index contributed by atoms with van der Waals surface area (Å²) in [6.07, 6.45) is 8.05. The van der Waals surface area contributed by atoms with Gasteiger partial charge >= 0.3 is 12.1 Å². The van der Waals surface area contributed by atoms with Gasteiger partial charge in [0.1, 0.15) is 12.1 Å². The number of hydrogen-bond donors (Lipinski definition) is 1. The van der Waals surface area contributed by atoms with E-state index in [4.69, 9.17) is 9.47 Å². The van der Waals surface area contributed by atoms with Gasteiger partial charge in [-0.1, -0.05) is 19.4 Å². The molecule has 1 fully saturated rings. The maximum absolute atomic E-state index is 13.5. The maximum Gasteiger partial charge on any atom is 0.410 e. The van der Waals surface area contributed by atoms with Gasteiger partial charge in [-0.15, -0.1) is 0 Å². The van der Waals surface area contributed by atoms with E-state index in [1.54, 1.807) is 44.1 Å². The first-order valence-electron chi connectivity index (χ1n) is 14.9. The van der Waals surface area contributed by atoms with Crippen molar-refractivity contribution < 1.29 is 28.7 Å². The lowest BCUT2D eigenvalue weighted by Gasteiger charge is -2.30. The molecule has 0 radical (unpaired) electrons. The fourth-order valence-electron chi connectivity index (χ4n) is 5.30. The Bertz CT molecular complexity index is 1470. The number of likely N-dealkylation sites (N-methyl/N-ethyl adjacent to an activating group) is 1. The molecule has 0 spiro atoms. The molecule has 11 nitrogen and oxygen atoms in total. The summed E-state index contributed by atoms with van der Waals surface area (Å²) in [5.74, 6) is -1.00. The summed E-state index contributed by atoms with van der Waals surface area (Å²) < 4.78 is 12.4. The highest BCUT2D eigenvalue weighted by Gasteiger charge is 2.34. The highest BCUT2D eigenvalue weighted by atomic mass is 16.6. The van der Waals surface area contributed by atoms with E-state index in [2.05, 4.69) is 10.3 Å². The van der Waals surface area contributed by atoms with Crippen LogP contribution >= 0.6 is 0 Å². The average molecular weight is 592 g/mol. The molecule has 0 saturated carbocycles. The highest BCUT2D eigenvalue weighted by Crippen LogP contribution is 2.33. The number of benzene rings is 1. The zero-order valence-electron chi connectivity index (χ0n) is 25.5. The Morgan fingerprint density at radius 2 is 1.91 bits per heavy atom. The van der Waals surface area contributed by atoms with Crippen LogP contribution in [-0.4, -0.2) is 82.1 Å². The molecule has 0 bridgehead atoms. The minimum absolute atomic E-state index is 0.202. The van der Waals surface area contributed by atoms with Crippen LogP contribution in [0.2, 0.25) is 0 Å². The van der Waals surface area contributed by atoms with Gasteiger partial charge in [-0.3, -0.25) is 19.5 Å². The first-order chi connectivity index (χ1) is 20.7. The number of ether oxygens (including phenoxy) is 2. The Labute approximate surface area is 252 Å². The molecule has 1 N–H and O–H groups in total. The quantitative estimate of drug-likeness (QED) is 0.255. The number of rotatable bonds is 11. The van der Waals surface area contributed by atoms with Crippen LogP contribution in [0.15, 0.2) is 48.9 Å². The lowest BCUT2D eigenvalue weighted by molar-refractivity contribution is -0.137. The van der Waals surface area contributed by atoms with Crippen molar-refractivity contribution in [1.29, 1.82) is 0 Å². The van der Waals surface area contributed by atoms with Gasteiger partial charge in [-0.05, 0) is 69.9 Å². The van der Waals surface area contributed by atoms with Crippen LogP contribution in [0, 0.1) is 0 Å². The molecule has 230 valence electrons. The summed E-state index contributed by atoms with van der Waals surface area (Å²) in [6.45, 7) is 8.18. The van der Waals surface area contributed by atoms with E-state index in [1.165, 1.54) is 11.9 Å². The van der Waals surface area contributed by atoms with E-state index >= 15 is 0 Å². The Hall–Kier alpha value is -4.41. The zero-order chi connectivity index (χ0) is 31.1. The minimum Gasteiger partial charge on any atom is -0.462 e. The SMILES string of the molecule is CCCCOC(=O)N(C)[C@@H](C)C(=O)NC(C)C(=O)N1CCC[C@H]1c1cncc(-n2ccc3c(C(=O)OCC)cccc32)c1. The lowest BCUT2D eigenvalue weighted by Crippen LogP contribution is -2.52. The number of fused-ring (bicyclic) bond motifs is 1. The van der Waals surface area contributed by atoms with Crippen molar-refractivity contribution in [2.45, 2.75) is 71.5 Å². The van der Waals surface area contributed by atoms with Crippen molar-refractivity contribution in [3.8, 4) is 5.69 Å². The van der Waals surface area contributed by atoms with E-state index in [0.717, 1.165) is 47.8 Å². The summed E-state index contributed by atoms with van der Waals surface area (Å²) in [5, 5.41) is 3.55. The Morgan fingerprint density at radius 3 is 2.65 bits per heavy atom. The molecule has 3 aromatic rings. The summed E-state index contributed by atoms with van der Waals surface area (Å²) in [5.41, 5.74) is 3.03. The molecule has 0 aliphatic carbocycles. The monoisotopic (exact) mass is 591 g/mol. The molecular formula is C32H41N5O6. The van der Waals surface area contributed by atoms with Gasteiger partial charge in [-0.2, -0.15) is 0 Å². The van der Waals surface area contributed by atoms with Crippen LogP contribution < -0.4 is 5.32 Å². The Morgan fingerprint density at radius 1 is 1.12 bits per heavy atom. The molecular weight excluding hydrogens is 550 g/mol. The van der Waals surface area contributed by atoms with E-state index in [0.29, 0.717) is 25.3 Å². The number of carbonyl (C=O) groups excluding carboxylic acids is 4. The van der Waals surface area contributed by atoms with E-state index in [1.807, 2.05) is 42.0 Å². The number of amides is 3. The van der Waals surface area contributed by atoms with Gasteiger partial charge in [0.05, 0.1) is 42.2 Å². The normalized spacial score (nSPS) is 16.0. The summed E-state index contributed by atoms with van der Waals surface area (Å²) in [6, 6.07) is 7.60. The summed E-state index contributed by atoms with van der Waals surface area (Å²) in [4.78, 5) is 58.7. The van der Waals surface area contributed by atoms with Crippen molar-refractivity contribution in [1.82, 2.24) is 24.7 Å². The first-order valence-corrected chi connectivity index (χ1v) is 14.9. The number of esters is 1. The fourth-order valence-corrected chi connectivity index (χ4v) is 5.30. The highest BCUT2D eigenvalue weighted by molar-refractivity contribution is 6.04. The fraction of sp³-hybridized carbons (Fsp3) is 0.469. The Balaban J connectivity index is 1.47. The van der Waals surface area contributed by atoms with Gasteiger partial charge < -0.3 is 24.3 Å². The molecule has 1 saturated heterocycles. The molecule has 3 atom stereocenters. The number of pyridine rings is 1.